The highest BCUT2D eigenvalue weighted by atomic mass is 16.5. The number of benzene rings is 1. The summed E-state index contributed by atoms with van der Waals surface area (Å²) in [7, 11) is 1.59. The standard InChI is InChI=1S/C15H18N2O2/c1-10-9-19-13(11-6-4-3-5-7-11)8-12(10)14(17-2)15(16)18/h3-7,13H,8-9H2,1-2H3,(H2,16,18)/b17-14+. The maximum atomic E-state index is 11.4. The van der Waals surface area contributed by atoms with E-state index >= 15 is 0 Å². The number of aliphatic imine (C=N–C) groups is 1. The van der Waals surface area contributed by atoms with E-state index in [1.165, 1.54) is 0 Å². The summed E-state index contributed by atoms with van der Waals surface area (Å²) in [5.74, 6) is -0.481. The molecular formula is C15H18N2O2. The number of carbonyl (C=O) groups is 1. The van der Waals surface area contributed by atoms with E-state index in [0.717, 1.165) is 16.7 Å². The summed E-state index contributed by atoms with van der Waals surface area (Å²) in [6.45, 7) is 2.45. The molecule has 0 spiro atoms. The smallest absolute Gasteiger partial charge is 0.267 e. The molecule has 4 heteroatoms. The lowest BCUT2D eigenvalue weighted by atomic mass is 9.92. The lowest BCUT2D eigenvalue weighted by molar-refractivity contribution is -0.112. The summed E-state index contributed by atoms with van der Waals surface area (Å²) in [5.41, 5.74) is 8.78. The molecule has 19 heavy (non-hydrogen) atoms. The van der Waals surface area contributed by atoms with Crippen molar-refractivity contribution in [1.82, 2.24) is 0 Å². The molecule has 1 aromatic rings. The number of rotatable bonds is 3. The normalized spacial score (nSPS) is 20.5. The molecule has 1 aliphatic rings. The highest BCUT2D eigenvalue weighted by molar-refractivity contribution is 6.45. The van der Waals surface area contributed by atoms with Gasteiger partial charge in [0.15, 0.2) is 0 Å². The van der Waals surface area contributed by atoms with Gasteiger partial charge in [-0.25, -0.2) is 0 Å². The minimum Gasteiger partial charge on any atom is -0.369 e. The van der Waals surface area contributed by atoms with Crippen LogP contribution < -0.4 is 5.73 Å². The molecular weight excluding hydrogens is 240 g/mol. The first kappa shape index (κ1) is 13.5. The zero-order valence-electron chi connectivity index (χ0n) is 11.2. The van der Waals surface area contributed by atoms with E-state index in [9.17, 15) is 4.79 Å². The summed E-state index contributed by atoms with van der Waals surface area (Å²) in [5, 5.41) is 0. The van der Waals surface area contributed by atoms with Gasteiger partial charge in [-0.1, -0.05) is 30.3 Å². The number of nitrogens with zero attached hydrogens (tertiary/aromatic N) is 1. The predicted molar refractivity (Wildman–Crippen MR) is 75.0 cm³/mol. The quantitative estimate of drug-likeness (QED) is 0.843. The van der Waals surface area contributed by atoms with Gasteiger partial charge < -0.3 is 10.5 Å². The van der Waals surface area contributed by atoms with Crippen molar-refractivity contribution < 1.29 is 9.53 Å². The number of primary amides is 1. The van der Waals surface area contributed by atoms with Crippen LogP contribution in [0.25, 0.3) is 0 Å². The fourth-order valence-corrected chi connectivity index (χ4v) is 2.31. The van der Waals surface area contributed by atoms with Crippen LogP contribution in [-0.2, 0) is 9.53 Å². The maximum Gasteiger partial charge on any atom is 0.267 e. The SMILES string of the molecule is C/N=C(/C(N)=O)C1=C(C)COC(c2ccccc2)C1. The van der Waals surface area contributed by atoms with E-state index in [4.69, 9.17) is 10.5 Å². The second kappa shape index (κ2) is 5.80. The van der Waals surface area contributed by atoms with Crippen molar-refractivity contribution in [2.45, 2.75) is 19.4 Å². The Hall–Kier alpha value is -1.94. The van der Waals surface area contributed by atoms with Crippen molar-refractivity contribution in [3.05, 3.63) is 47.0 Å². The molecule has 1 amide bonds. The number of nitrogens with two attached hydrogens (primary N) is 1. The second-order valence-electron chi connectivity index (χ2n) is 4.61. The van der Waals surface area contributed by atoms with Gasteiger partial charge in [0, 0.05) is 13.5 Å². The third-order valence-corrected chi connectivity index (χ3v) is 3.32. The van der Waals surface area contributed by atoms with Crippen LogP contribution in [0.1, 0.15) is 25.0 Å². The molecule has 0 aliphatic carbocycles. The Bertz CT molecular complexity index is 532. The number of amides is 1. The van der Waals surface area contributed by atoms with Gasteiger partial charge in [-0.05, 0) is 23.6 Å². The Labute approximate surface area is 113 Å². The molecule has 1 atom stereocenters. The highest BCUT2D eigenvalue weighted by Gasteiger charge is 2.25. The molecule has 4 nitrogen and oxygen atoms in total. The van der Waals surface area contributed by atoms with E-state index in [-0.39, 0.29) is 6.10 Å². The Kier molecular flexibility index (Phi) is 4.12. The molecule has 1 aliphatic heterocycles. The van der Waals surface area contributed by atoms with Crippen LogP contribution in [-0.4, -0.2) is 25.3 Å². The van der Waals surface area contributed by atoms with Gasteiger partial charge in [0.2, 0.25) is 0 Å². The average molecular weight is 258 g/mol. The molecule has 0 fully saturated rings. The first-order valence-corrected chi connectivity index (χ1v) is 6.25. The van der Waals surface area contributed by atoms with Crippen molar-refractivity contribution >= 4 is 11.6 Å². The van der Waals surface area contributed by atoms with Crippen LogP contribution >= 0.6 is 0 Å². The Morgan fingerprint density at radius 2 is 2.05 bits per heavy atom. The number of carbonyl (C=O) groups excluding carboxylic acids is 1. The summed E-state index contributed by atoms with van der Waals surface area (Å²) < 4.78 is 5.82. The Morgan fingerprint density at radius 3 is 2.63 bits per heavy atom. The van der Waals surface area contributed by atoms with Crippen LogP contribution in [0.3, 0.4) is 0 Å². The minimum atomic E-state index is -0.481. The number of hydrogen-bond acceptors (Lipinski definition) is 3. The van der Waals surface area contributed by atoms with Crippen LogP contribution in [0.5, 0.6) is 0 Å². The van der Waals surface area contributed by atoms with Crippen LogP contribution in [0.4, 0.5) is 0 Å². The molecule has 0 saturated heterocycles. The van der Waals surface area contributed by atoms with Gasteiger partial charge in [0.25, 0.3) is 5.91 Å². The average Bonchev–Trinajstić information content (AvgIpc) is 2.42. The monoisotopic (exact) mass is 258 g/mol. The molecule has 100 valence electrons. The Balaban J connectivity index is 2.28. The van der Waals surface area contributed by atoms with Gasteiger partial charge in [0.1, 0.15) is 5.71 Å². The van der Waals surface area contributed by atoms with E-state index < -0.39 is 5.91 Å². The van der Waals surface area contributed by atoms with Crippen LogP contribution in [0.2, 0.25) is 0 Å². The highest BCUT2D eigenvalue weighted by Crippen LogP contribution is 2.32. The molecule has 2 rings (SSSR count). The molecule has 0 radical (unpaired) electrons. The van der Waals surface area contributed by atoms with Crippen molar-refractivity contribution in [1.29, 1.82) is 0 Å². The molecule has 0 bridgehead atoms. The first-order valence-electron chi connectivity index (χ1n) is 6.25. The molecule has 0 saturated carbocycles. The summed E-state index contributed by atoms with van der Waals surface area (Å²) in [6.07, 6.45) is 0.585. The second-order valence-corrected chi connectivity index (χ2v) is 4.61. The number of ether oxygens (including phenoxy) is 1. The zero-order chi connectivity index (χ0) is 13.8. The topological polar surface area (TPSA) is 64.7 Å². The lowest BCUT2D eigenvalue weighted by Crippen LogP contribution is -2.29. The molecule has 2 N–H and O–H groups in total. The van der Waals surface area contributed by atoms with Crippen molar-refractivity contribution in [3.8, 4) is 0 Å². The molecule has 0 aromatic heterocycles. The third kappa shape index (κ3) is 2.90. The summed E-state index contributed by atoms with van der Waals surface area (Å²) >= 11 is 0. The van der Waals surface area contributed by atoms with E-state index in [1.54, 1.807) is 7.05 Å². The van der Waals surface area contributed by atoms with E-state index in [0.29, 0.717) is 18.7 Å². The van der Waals surface area contributed by atoms with Crippen LogP contribution in [0.15, 0.2) is 46.5 Å². The zero-order valence-corrected chi connectivity index (χ0v) is 11.2. The fraction of sp³-hybridized carbons (Fsp3) is 0.333. The van der Waals surface area contributed by atoms with Crippen LogP contribution in [0, 0.1) is 0 Å². The van der Waals surface area contributed by atoms with Gasteiger partial charge in [0.05, 0.1) is 12.7 Å². The summed E-state index contributed by atoms with van der Waals surface area (Å²) in [4.78, 5) is 15.5. The van der Waals surface area contributed by atoms with Gasteiger partial charge in [-0.2, -0.15) is 0 Å². The fourth-order valence-electron chi connectivity index (χ4n) is 2.31. The maximum absolute atomic E-state index is 11.4. The van der Waals surface area contributed by atoms with Crippen molar-refractivity contribution in [2.24, 2.45) is 10.7 Å². The van der Waals surface area contributed by atoms with Crippen molar-refractivity contribution in [2.75, 3.05) is 13.7 Å². The Morgan fingerprint density at radius 1 is 1.37 bits per heavy atom. The predicted octanol–water partition coefficient (Wildman–Crippen LogP) is 2.02. The first-order chi connectivity index (χ1) is 9.13. The third-order valence-electron chi connectivity index (χ3n) is 3.32. The summed E-state index contributed by atoms with van der Waals surface area (Å²) in [6, 6.07) is 9.97. The molecule has 1 unspecified atom stereocenters. The van der Waals surface area contributed by atoms with Gasteiger partial charge >= 0.3 is 0 Å². The van der Waals surface area contributed by atoms with Gasteiger partial charge in [-0.15, -0.1) is 0 Å². The van der Waals surface area contributed by atoms with E-state index in [2.05, 4.69) is 4.99 Å². The van der Waals surface area contributed by atoms with Gasteiger partial charge in [-0.3, -0.25) is 9.79 Å². The van der Waals surface area contributed by atoms with Crippen molar-refractivity contribution in [3.63, 3.8) is 0 Å². The molecule has 1 heterocycles. The largest absolute Gasteiger partial charge is 0.369 e. The minimum absolute atomic E-state index is 0.0454. The number of hydrogen-bond donors (Lipinski definition) is 1. The lowest BCUT2D eigenvalue weighted by Gasteiger charge is -2.27. The van der Waals surface area contributed by atoms with E-state index in [1.807, 2.05) is 37.3 Å². The molecule has 1 aromatic carbocycles.